The smallest absolute Gasteiger partial charge is 0.268 e. The van der Waals surface area contributed by atoms with E-state index < -0.39 is 0 Å². The van der Waals surface area contributed by atoms with Crippen LogP contribution in [0.2, 0.25) is 0 Å². The number of nitrogens with zero attached hydrogens (tertiary/aromatic N) is 4. The molecule has 0 amide bonds. The second kappa shape index (κ2) is 8.14. The summed E-state index contributed by atoms with van der Waals surface area (Å²) in [6.45, 7) is 0. The monoisotopic (exact) mass is 274 g/mol. The van der Waals surface area contributed by atoms with Crippen molar-refractivity contribution in [3.05, 3.63) is 11.1 Å². The molecule has 4 heteroatoms. The summed E-state index contributed by atoms with van der Waals surface area (Å²) in [5.74, 6) is 1.70. The lowest BCUT2D eigenvalue weighted by Gasteiger charge is -2.29. The third kappa shape index (κ3) is 4.40. The first kappa shape index (κ1) is 15.2. The van der Waals surface area contributed by atoms with Crippen LogP contribution in [0.15, 0.2) is 0 Å². The minimum atomic E-state index is 0.850. The van der Waals surface area contributed by atoms with E-state index in [1.54, 1.807) is 0 Å². The Kier molecular flexibility index (Phi) is 6.17. The highest BCUT2D eigenvalue weighted by molar-refractivity contribution is 5.79. The summed E-state index contributed by atoms with van der Waals surface area (Å²) in [4.78, 5) is 6.82. The zero-order chi connectivity index (χ0) is 14.2. The third-order valence-corrected chi connectivity index (χ3v) is 5.11. The molecule has 0 aromatic rings. The van der Waals surface area contributed by atoms with Gasteiger partial charge in [0, 0.05) is 25.7 Å². The van der Waals surface area contributed by atoms with Crippen molar-refractivity contribution >= 4 is 11.4 Å². The van der Waals surface area contributed by atoms with Crippen LogP contribution in [0.1, 0.15) is 77.0 Å². The molecule has 0 N–H and O–H groups in total. The van der Waals surface area contributed by atoms with Crippen LogP contribution in [0.25, 0.3) is 11.1 Å². The van der Waals surface area contributed by atoms with Gasteiger partial charge in [-0.3, -0.25) is 0 Å². The number of rotatable bonds is 1. The van der Waals surface area contributed by atoms with Crippen molar-refractivity contribution in [2.45, 2.75) is 77.0 Å². The Morgan fingerprint density at radius 3 is 1.15 bits per heavy atom. The SMILES string of the molecule is [N-]=[N+]=C1CCCC(C2CCCC(=[N+]=[N-])CCC2)CCC1. The first-order valence-corrected chi connectivity index (χ1v) is 8.23. The highest BCUT2D eigenvalue weighted by Crippen LogP contribution is 2.34. The van der Waals surface area contributed by atoms with E-state index in [9.17, 15) is 0 Å². The predicted octanol–water partition coefficient (Wildman–Crippen LogP) is 4.27. The van der Waals surface area contributed by atoms with Crippen molar-refractivity contribution in [3.63, 3.8) is 0 Å². The summed E-state index contributed by atoms with van der Waals surface area (Å²) < 4.78 is 0. The Labute approximate surface area is 121 Å². The van der Waals surface area contributed by atoms with Gasteiger partial charge in [0.25, 0.3) is 11.4 Å². The molecule has 0 radical (unpaired) electrons. The first-order chi connectivity index (χ1) is 9.83. The molecule has 0 aromatic carbocycles. The molecule has 0 aliphatic heterocycles. The molecule has 0 heterocycles. The summed E-state index contributed by atoms with van der Waals surface area (Å²) in [7, 11) is 0. The van der Waals surface area contributed by atoms with Gasteiger partial charge in [0.2, 0.25) is 0 Å². The Bertz CT molecular complexity index is 352. The molecule has 2 aliphatic rings. The molecule has 4 nitrogen and oxygen atoms in total. The molecule has 0 aromatic heterocycles. The third-order valence-electron chi connectivity index (χ3n) is 5.11. The van der Waals surface area contributed by atoms with Crippen LogP contribution in [-0.2, 0) is 0 Å². The van der Waals surface area contributed by atoms with E-state index in [-0.39, 0.29) is 0 Å². The minimum absolute atomic E-state index is 0.850. The molecule has 2 rings (SSSR count). The highest BCUT2D eigenvalue weighted by Gasteiger charge is 2.26. The van der Waals surface area contributed by atoms with E-state index >= 15 is 0 Å². The molecule has 110 valence electrons. The van der Waals surface area contributed by atoms with E-state index in [0.29, 0.717) is 0 Å². The van der Waals surface area contributed by atoms with Crippen molar-refractivity contribution < 1.29 is 9.58 Å². The average molecular weight is 274 g/mol. The van der Waals surface area contributed by atoms with Gasteiger partial charge in [0.1, 0.15) is 0 Å². The quantitative estimate of drug-likeness (QED) is 0.506. The second-order valence-electron chi connectivity index (χ2n) is 6.42. The fraction of sp³-hybridized carbons (Fsp3) is 0.875. The fourth-order valence-electron chi connectivity index (χ4n) is 3.95. The molecular formula is C16H26N4. The number of hydrogen-bond donors (Lipinski definition) is 0. The molecule has 0 atom stereocenters. The Morgan fingerprint density at radius 1 is 0.600 bits per heavy atom. The van der Waals surface area contributed by atoms with E-state index in [4.69, 9.17) is 11.1 Å². The van der Waals surface area contributed by atoms with Gasteiger partial charge in [-0.05, 0) is 63.2 Å². The summed E-state index contributed by atoms with van der Waals surface area (Å²) in [5, 5.41) is 0. The zero-order valence-electron chi connectivity index (χ0n) is 12.4. The average Bonchev–Trinajstić information content (AvgIpc) is 2.40. The largest absolute Gasteiger partial charge is 0.362 e. The van der Waals surface area contributed by atoms with Crippen molar-refractivity contribution in [1.29, 1.82) is 0 Å². The van der Waals surface area contributed by atoms with Gasteiger partial charge in [0.05, 0.1) is 0 Å². The standard InChI is InChI=1S/C16H26N4/c17-19-15-9-1-5-13(6-2-10-15)14-7-3-11-16(20-18)12-4-8-14/h13-14H,1-12H2. The molecule has 0 unspecified atom stereocenters. The van der Waals surface area contributed by atoms with Crippen LogP contribution < -0.4 is 0 Å². The van der Waals surface area contributed by atoms with E-state index in [0.717, 1.165) is 48.9 Å². The highest BCUT2D eigenvalue weighted by atomic mass is 14.9. The van der Waals surface area contributed by atoms with Crippen molar-refractivity contribution in [2.24, 2.45) is 11.8 Å². The lowest BCUT2D eigenvalue weighted by atomic mass is 9.75. The summed E-state index contributed by atoms with van der Waals surface area (Å²) >= 11 is 0. The Hall–Kier alpha value is -1.24. The maximum absolute atomic E-state index is 8.90. The maximum Gasteiger partial charge on any atom is 0.268 e. The van der Waals surface area contributed by atoms with E-state index in [2.05, 4.69) is 9.58 Å². The molecule has 2 saturated carbocycles. The van der Waals surface area contributed by atoms with E-state index in [1.165, 1.54) is 51.4 Å². The summed E-state index contributed by atoms with van der Waals surface area (Å²) in [5.41, 5.74) is 19.8. The predicted molar refractivity (Wildman–Crippen MR) is 79.6 cm³/mol. The van der Waals surface area contributed by atoms with Crippen LogP contribution in [0.4, 0.5) is 0 Å². The van der Waals surface area contributed by atoms with Gasteiger partial charge < -0.3 is 11.1 Å². The summed E-state index contributed by atoms with van der Waals surface area (Å²) in [6, 6.07) is 0. The lowest BCUT2D eigenvalue weighted by Crippen LogP contribution is -2.20. The zero-order valence-corrected chi connectivity index (χ0v) is 12.4. The molecule has 0 spiro atoms. The maximum atomic E-state index is 8.90. The normalized spacial score (nSPS) is 29.4. The Balaban J connectivity index is 1.87. The van der Waals surface area contributed by atoms with Gasteiger partial charge in [-0.25, -0.2) is 0 Å². The van der Waals surface area contributed by atoms with Gasteiger partial charge in [-0.15, -0.1) is 0 Å². The van der Waals surface area contributed by atoms with Gasteiger partial charge >= 0.3 is 0 Å². The van der Waals surface area contributed by atoms with Gasteiger partial charge in [-0.1, -0.05) is 0 Å². The van der Waals surface area contributed by atoms with Crippen LogP contribution in [0, 0.1) is 11.8 Å². The summed E-state index contributed by atoms with van der Waals surface area (Å²) in [6.07, 6.45) is 13.7. The molecule has 0 saturated heterocycles. The van der Waals surface area contributed by atoms with Crippen molar-refractivity contribution in [2.75, 3.05) is 0 Å². The van der Waals surface area contributed by atoms with Crippen LogP contribution in [0.3, 0.4) is 0 Å². The molecular weight excluding hydrogens is 248 g/mol. The second-order valence-corrected chi connectivity index (χ2v) is 6.42. The Morgan fingerprint density at radius 2 is 0.900 bits per heavy atom. The fourth-order valence-corrected chi connectivity index (χ4v) is 3.95. The van der Waals surface area contributed by atoms with E-state index in [1.807, 2.05) is 0 Å². The first-order valence-electron chi connectivity index (χ1n) is 8.23. The molecule has 2 aliphatic carbocycles. The van der Waals surface area contributed by atoms with Gasteiger partial charge in [-0.2, -0.15) is 9.58 Å². The van der Waals surface area contributed by atoms with Crippen LogP contribution >= 0.6 is 0 Å². The van der Waals surface area contributed by atoms with Crippen LogP contribution in [0.5, 0.6) is 0 Å². The topological polar surface area (TPSA) is 72.8 Å². The molecule has 0 bridgehead atoms. The van der Waals surface area contributed by atoms with Crippen LogP contribution in [-0.4, -0.2) is 21.0 Å². The van der Waals surface area contributed by atoms with Crippen molar-refractivity contribution in [3.8, 4) is 0 Å². The van der Waals surface area contributed by atoms with Gasteiger partial charge in [0.15, 0.2) is 0 Å². The molecule has 20 heavy (non-hydrogen) atoms. The lowest BCUT2D eigenvalue weighted by molar-refractivity contribution is -0.0140. The minimum Gasteiger partial charge on any atom is -0.362 e. The van der Waals surface area contributed by atoms with Crippen molar-refractivity contribution in [1.82, 2.24) is 0 Å². The number of hydrogen-bond acceptors (Lipinski definition) is 0. The molecule has 2 fully saturated rings.